The van der Waals surface area contributed by atoms with E-state index < -0.39 is 0 Å². The molecule has 1 aromatic heterocycles. The zero-order valence-electron chi connectivity index (χ0n) is 17.9. The highest BCUT2D eigenvalue weighted by Crippen LogP contribution is 2.26. The minimum atomic E-state index is -0.251. The van der Waals surface area contributed by atoms with Crippen LogP contribution < -0.4 is 10.6 Å². The van der Waals surface area contributed by atoms with Crippen molar-refractivity contribution in [3.63, 3.8) is 0 Å². The van der Waals surface area contributed by atoms with Gasteiger partial charge < -0.3 is 10.6 Å². The van der Waals surface area contributed by atoms with E-state index in [1.807, 2.05) is 60.8 Å². The molecule has 2 amide bonds. The molecule has 33 heavy (non-hydrogen) atoms. The number of amides is 2. The Kier molecular flexibility index (Phi) is 7.17. The van der Waals surface area contributed by atoms with Gasteiger partial charge >= 0.3 is 0 Å². The Morgan fingerprint density at radius 2 is 1.76 bits per heavy atom. The second-order valence-corrected chi connectivity index (χ2v) is 8.83. The molecule has 3 aromatic carbocycles. The maximum atomic E-state index is 12.9. The summed E-state index contributed by atoms with van der Waals surface area (Å²) in [6.45, 7) is 1.92. The van der Waals surface area contributed by atoms with Gasteiger partial charge in [-0.1, -0.05) is 66.2 Å². The molecule has 4 aromatic rings. The number of carbonyl (C=O) groups is 2. The highest BCUT2D eigenvalue weighted by Gasteiger charge is 2.17. The lowest BCUT2D eigenvalue weighted by molar-refractivity contribution is -0.115. The monoisotopic (exact) mass is 475 g/mol. The van der Waals surface area contributed by atoms with E-state index in [1.165, 1.54) is 11.3 Å². The van der Waals surface area contributed by atoms with Crippen LogP contribution in [0.4, 0.5) is 5.69 Å². The number of para-hydroxylation sites is 1. The molecule has 1 atom stereocenters. The average Bonchev–Trinajstić information content (AvgIpc) is 3.28. The SMILES string of the molecule is CC(NC(=O)c1ccccc1NC(=O)Cc1csc(-c2cccc(Cl)c2)n1)c1ccccc1. The number of rotatable bonds is 7. The number of hydrogen-bond donors (Lipinski definition) is 2. The van der Waals surface area contributed by atoms with Gasteiger partial charge in [-0.3, -0.25) is 9.59 Å². The van der Waals surface area contributed by atoms with Crippen LogP contribution in [0.1, 0.15) is 34.6 Å². The summed E-state index contributed by atoms with van der Waals surface area (Å²) in [5, 5.41) is 9.14. The van der Waals surface area contributed by atoms with Gasteiger partial charge in [0.05, 0.1) is 29.4 Å². The van der Waals surface area contributed by atoms with E-state index in [0.717, 1.165) is 16.1 Å². The van der Waals surface area contributed by atoms with Crippen LogP contribution in [-0.2, 0) is 11.2 Å². The summed E-state index contributed by atoms with van der Waals surface area (Å²) in [4.78, 5) is 30.1. The van der Waals surface area contributed by atoms with E-state index in [-0.39, 0.29) is 24.3 Å². The lowest BCUT2D eigenvalue weighted by Crippen LogP contribution is -2.28. The predicted molar refractivity (Wildman–Crippen MR) is 134 cm³/mol. The number of carbonyl (C=O) groups excluding carboxylic acids is 2. The first-order valence-corrected chi connectivity index (χ1v) is 11.7. The maximum Gasteiger partial charge on any atom is 0.253 e. The van der Waals surface area contributed by atoms with Crippen LogP contribution in [0.3, 0.4) is 0 Å². The summed E-state index contributed by atoms with van der Waals surface area (Å²) in [5.41, 5.74) is 3.45. The second-order valence-electron chi connectivity index (χ2n) is 7.53. The minimum Gasteiger partial charge on any atom is -0.345 e. The van der Waals surface area contributed by atoms with Gasteiger partial charge in [-0.05, 0) is 36.8 Å². The third kappa shape index (κ3) is 5.86. The van der Waals surface area contributed by atoms with Crippen molar-refractivity contribution in [1.82, 2.24) is 10.3 Å². The lowest BCUT2D eigenvalue weighted by atomic mass is 10.1. The average molecular weight is 476 g/mol. The summed E-state index contributed by atoms with van der Waals surface area (Å²) in [6, 6.07) is 24.0. The number of hydrogen-bond acceptors (Lipinski definition) is 4. The van der Waals surface area contributed by atoms with Crippen LogP contribution in [0.2, 0.25) is 5.02 Å². The van der Waals surface area contributed by atoms with Crippen molar-refractivity contribution in [3.05, 3.63) is 106 Å². The number of thiazole rings is 1. The maximum absolute atomic E-state index is 12.9. The number of nitrogens with zero attached hydrogens (tertiary/aromatic N) is 1. The van der Waals surface area contributed by atoms with Crippen molar-refractivity contribution in [1.29, 1.82) is 0 Å². The van der Waals surface area contributed by atoms with Gasteiger partial charge in [0.15, 0.2) is 0 Å². The first kappa shape index (κ1) is 22.7. The summed E-state index contributed by atoms with van der Waals surface area (Å²) >= 11 is 7.52. The van der Waals surface area contributed by atoms with Gasteiger partial charge in [0.25, 0.3) is 5.91 Å². The molecule has 4 rings (SSSR count). The second kappa shape index (κ2) is 10.4. The third-order valence-corrected chi connectivity index (χ3v) is 6.23. The standard InChI is InChI=1S/C26H22ClN3O2S/c1-17(18-8-3-2-4-9-18)28-25(32)22-12-5-6-13-23(22)30-24(31)15-21-16-33-26(29-21)19-10-7-11-20(27)14-19/h2-14,16-17H,15H2,1H3,(H,28,32)(H,30,31). The van der Waals surface area contributed by atoms with E-state index in [9.17, 15) is 9.59 Å². The fraction of sp³-hybridized carbons (Fsp3) is 0.115. The van der Waals surface area contributed by atoms with Crippen molar-refractivity contribution in [2.24, 2.45) is 0 Å². The van der Waals surface area contributed by atoms with Crippen molar-refractivity contribution in [3.8, 4) is 10.6 Å². The fourth-order valence-corrected chi connectivity index (χ4v) is 4.40. The Balaban J connectivity index is 1.42. The predicted octanol–water partition coefficient (Wildman–Crippen LogP) is 6.14. The smallest absolute Gasteiger partial charge is 0.253 e. The summed E-state index contributed by atoms with van der Waals surface area (Å²) in [6.07, 6.45) is 0.105. The van der Waals surface area contributed by atoms with Gasteiger partial charge in [0.2, 0.25) is 5.91 Å². The minimum absolute atomic E-state index is 0.105. The normalized spacial score (nSPS) is 11.6. The van der Waals surface area contributed by atoms with Crippen LogP contribution in [-0.4, -0.2) is 16.8 Å². The van der Waals surface area contributed by atoms with E-state index in [2.05, 4.69) is 15.6 Å². The lowest BCUT2D eigenvalue weighted by Gasteiger charge is -2.16. The van der Waals surface area contributed by atoms with Crippen LogP contribution in [0.15, 0.2) is 84.2 Å². The summed E-state index contributed by atoms with van der Waals surface area (Å²) < 4.78 is 0. The molecule has 0 aliphatic carbocycles. The Morgan fingerprint density at radius 3 is 2.55 bits per heavy atom. The molecule has 166 valence electrons. The van der Waals surface area contributed by atoms with Crippen LogP contribution >= 0.6 is 22.9 Å². The number of aromatic nitrogens is 1. The van der Waals surface area contributed by atoms with Gasteiger partial charge in [0, 0.05) is 16.0 Å². The van der Waals surface area contributed by atoms with Crippen molar-refractivity contribution in [2.45, 2.75) is 19.4 Å². The fourth-order valence-electron chi connectivity index (χ4n) is 3.39. The molecule has 0 radical (unpaired) electrons. The van der Waals surface area contributed by atoms with E-state index in [4.69, 9.17) is 11.6 Å². The molecular formula is C26H22ClN3O2S. The zero-order chi connectivity index (χ0) is 23.2. The number of nitrogens with one attached hydrogen (secondary N) is 2. The van der Waals surface area contributed by atoms with Crippen LogP contribution in [0, 0.1) is 0 Å². The van der Waals surface area contributed by atoms with Crippen molar-refractivity contribution >= 4 is 40.4 Å². The van der Waals surface area contributed by atoms with Gasteiger partial charge in [-0.2, -0.15) is 0 Å². The molecule has 0 saturated heterocycles. The Bertz CT molecular complexity index is 1270. The molecule has 0 fully saturated rings. The molecule has 0 bridgehead atoms. The summed E-state index contributed by atoms with van der Waals surface area (Å²) in [5.74, 6) is -0.492. The summed E-state index contributed by atoms with van der Waals surface area (Å²) in [7, 11) is 0. The molecule has 1 unspecified atom stereocenters. The Hall–Kier alpha value is -3.48. The molecule has 7 heteroatoms. The molecular weight excluding hydrogens is 454 g/mol. The highest BCUT2D eigenvalue weighted by molar-refractivity contribution is 7.13. The van der Waals surface area contributed by atoms with Crippen molar-refractivity contribution in [2.75, 3.05) is 5.32 Å². The van der Waals surface area contributed by atoms with E-state index in [0.29, 0.717) is 22.0 Å². The third-order valence-electron chi connectivity index (χ3n) is 5.06. The Labute approximate surface area is 201 Å². The zero-order valence-corrected chi connectivity index (χ0v) is 19.5. The molecule has 0 spiro atoms. The van der Waals surface area contributed by atoms with Gasteiger partial charge in [-0.15, -0.1) is 11.3 Å². The van der Waals surface area contributed by atoms with Gasteiger partial charge in [-0.25, -0.2) is 4.98 Å². The molecule has 1 heterocycles. The molecule has 2 N–H and O–H groups in total. The van der Waals surface area contributed by atoms with E-state index >= 15 is 0 Å². The quantitative estimate of drug-likeness (QED) is 0.337. The largest absolute Gasteiger partial charge is 0.345 e. The van der Waals surface area contributed by atoms with E-state index in [1.54, 1.807) is 30.3 Å². The first-order valence-electron chi connectivity index (χ1n) is 10.4. The van der Waals surface area contributed by atoms with Crippen molar-refractivity contribution < 1.29 is 9.59 Å². The first-order chi connectivity index (χ1) is 16.0. The van der Waals surface area contributed by atoms with Crippen LogP contribution in [0.5, 0.6) is 0 Å². The molecule has 0 aliphatic rings. The molecule has 0 saturated carbocycles. The number of halogens is 1. The topological polar surface area (TPSA) is 71.1 Å². The highest BCUT2D eigenvalue weighted by atomic mass is 35.5. The number of anilines is 1. The molecule has 0 aliphatic heterocycles. The number of benzene rings is 3. The molecule has 5 nitrogen and oxygen atoms in total. The van der Waals surface area contributed by atoms with Gasteiger partial charge in [0.1, 0.15) is 5.01 Å². The Morgan fingerprint density at radius 1 is 1.00 bits per heavy atom. The van der Waals surface area contributed by atoms with Crippen LogP contribution in [0.25, 0.3) is 10.6 Å².